The molecule has 2 amide bonds. The van der Waals surface area contributed by atoms with E-state index in [2.05, 4.69) is 20.7 Å². The van der Waals surface area contributed by atoms with E-state index in [1.807, 2.05) is 29.2 Å². The number of rotatable bonds is 3. The molecule has 3 heterocycles. The van der Waals surface area contributed by atoms with Crippen LogP contribution in [0.3, 0.4) is 0 Å². The largest absolute Gasteiger partial charge is 0.334 e. The summed E-state index contributed by atoms with van der Waals surface area (Å²) in [6, 6.07) is 8.03. The van der Waals surface area contributed by atoms with E-state index in [1.54, 1.807) is 11.0 Å². The minimum Gasteiger partial charge on any atom is -0.334 e. The van der Waals surface area contributed by atoms with Crippen LogP contribution < -0.4 is 10.6 Å². The summed E-state index contributed by atoms with van der Waals surface area (Å²) in [5, 5.41) is 10.6. The highest BCUT2D eigenvalue weighted by Crippen LogP contribution is 2.35. The molecular formula is C18H24N6O. The highest BCUT2D eigenvalue weighted by Gasteiger charge is 2.39. The number of hydrogen-bond donors (Lipinski definition) is 2. The molecule has 7 heteroatoms. The Bertz CT molecular complexity index is 706. The first-order valence-corrected chi connectivity index (χ1v) is 8.92. The molecule has 1 spiro atoms. The predicted molar refractivity (Wildman–Crippen MR) is 94.3 cm³/mol. The van der Waals surface area contributed by atoms with E-state index < -0.39 is 0 Å². The van der Waals surface area contributed by atoms with Crippen LogP contribution in [0.15, 0.2) is 36.9 Å². The third-order valence-electron chi connectivity index (χ3n) is 5.34. The Morgan fingerprint density at radius 2 is 2.16 bits per heavy atom. The maximum absolute atomic E-state index is 12.5. The Hall–Kier alpha value is -2.41. The van der Waals surface area contributed by atoms with E-state index >= 15 is 0 Å². The monoisotopic (exact) mass is 340 g/mol. The minimum atomic E-state index is 0.0475. The summed E-state index contributed by atoms with van der Waals surface area (Å²) in [7, 11) is 0. The molecule has 2 aromatic rings. The number of amides is 2. The van der Waals surface area contributed by atoms with Crippen LogP contribution in [0, 0.1) is 5.41 Å². The van der Waals surface area contributed by atoms with Gasteiger partial charge >= 0.3 is 6.03 Å². The van der Waals surface area contributed by atoms with E-state index in [0.717, 1.165) is 43.9 Å². The van der Waals surface area contributed by atoms with Crippen molar-refractivity contribution in [2.45, 2.75) is 25.8 Å². The Balaban J connectivity index is 1.32. The third kappa shape index (κ3) is 3.51. The normalized spacial score (nSPS) is 23.1. The van der Waals surface area contributed by atoms with Gasteiger partial charge in [-0.2, -0.15) is 5.10 Å². The number of carbonyl (C=O) groups excluding carboxylic acids is 1. The topological polar surface area (TPSA) is 75.1 Å². The number of nitrogens with zero attached hydrogens (tertiary/aromatic N) is 4. The van der Waals surface area contributed by atoms with Gasteiger partial charge in [-0.1, -0.05) is 12.1 Å². The zero-order valence-electron chi connectivity index (χ0n) is 14.3. The summed E-state index contributed by atoms with van der Waals surface area (Å²) in [6.07, 6.45) is 6.69. The van der Waals surface area contributed by atoms with E-state index in [4.69, 9.17) is 0 Å². The number of nitrogens with one attached hydrogen (secondary N) is 2. The summed E-state index contributed by atoms with van der Waals surface area (Å²) < 4.78 is 1.71. The van der Waals surface area contributed by atoms with Gasteiger partial charge < -0.3 is 15.5 Å². The summed E-state index contributed by atoms with van der Waals surface area (Å²) >= 11 is 0. The van der Waals surface area contributed by atoms with Gasteiger partial charge in [0, 0.05) is 31.6 Å². The van der Waals surface area contributed by atoms with Crippen LogP contribution in [0.4, 0.5) is 4.79 Å². The Morgan fingerprint density at radius 1 is 1.28 bits per heavy atom. The predicted octanol–water partition coefficient (Wildman–Crippen LogP) is 1.55. The molecule has 25 heavy (non-hydrogen) atoms. The number of hydrogen-bond acceptors (Lipinski definition) is 4. The SMILES string of the molecule is O=C(NCc1ccc(-n2cncn2)cc1)N1CCC[C@@]2(CCNC2)C1. The molecule has 2 aliphatic rings. The number of aromatic nitrogens is 3. The molecule has 0 aliphatic carbocycles. The fraction of sp³-hybridized carbons (Fsp3) is 0.500. The van der Waals surface area contributed by atoms with Gasteiger partial charge in [-0.15, -0.1) is 0 Å². The minimum absolute atomic E-state index is 0.0475. The van der Waals surface area contributed by atoms with Crippen molar-refractivity contribution in [3.05, 3.63) is 42.5 Å². The number of benzene rings is 1. The van der Waals surface area contributed by atoms with Crippen molar-refractivity contribution in [1.82, 2.24) is 30.3 Å². The van der Waals surface area contributed by atoms with Gasteiger partial charge in [0.2, 0.25) is 0 Å². The van der Waals surface area contributed by atoms with Crippen molar-refractivity contribution in [3.63, 3.8) is 0 Å². The Labute approximate surface area is 147 Å². The van der Waals surface area contributed by atoms with Crippen LogP contribution in [0.5, 0.6) is 0 Å². The average molecular weight is 340 g/mol. The van der Waals surface area contributed by atoms with Crippen molar-refractivity contribution < 1.29 is 4.79 Å². The lowest BCUT2D eigenvalue weighted by atomic mass is 9.79. The van der Waals surface area contributed by atoms with Crippen LogP contribution in [-0.2, 0) is 6.54 Å². The molecule has 2 aliphatic heterocycles. The molecule has 2 fully saturated rings. The van der Waals surface area contributed by atoms with E-state index in [0.29, 0.717) is 12.0 Å². The maximum atomic E-state index is 12.5. The highest BCUT2D eigenvalue weighted by molar-refractivity contribution is 5.74. The van der Waals surface area contributed by atoms with Crippen molar-refractivity contribution in [2.24, 2.45) is 5.41 Å². The maximum Gasteiger partial charge on any atom is 0.317 e. The third-order valence-corrected chi connectivity index (χ3v) is 5.34. The zero-order chi connectivity index (χ0) is 17.1. The van der Waals surface area contributed by atoms with Crippen molar-refractivity contribution in [3.8, 4) is 5.69 Å². The summed E-state index contributed by atoms with van der Waals surface area (Å²) in [6.45, 7) is 4.39. The highest BCUT2D eigenvalue weighted by atomic mass is 16.2. The van der Waals surface area contributed by atoms with Crippen LogP contribution in [0.25, 0.3) is 5.69 Å². The van der Waals surface area contributed by atoms with Gasteiger partial charge in [0.15, 0.2) is 0 Å². The summed E-state index contributed by atoms with van der Waals surface area (Å²) in [5.74, 6) is 0. The van der Waals surface area contributed by atoms with Gasteiger partial charge in [0.1, 0.15) is 12.7 Å². The Morgan fingerprint density at radius 3 is 2.88 bits per heavy atom. The van der Waals surface area contributed by atoms with Gasteiger partial charge in [-0.05, 0) is 43.5 Å². The standard InChI is InChI=1S/C18H24N6O/c25-17(23-9-1-6-18(12-23)7-8-19-11-18)21-10-15-2-4-16(5-3-15)24-14-20-13-22-24/h2-5,13-14,19H,1,6-12H2,(H,21,25)/t18-/m0/s1. The van der Waals surface area contributed by atoms with Crippen LogP contribution in [-0.4, -0.2) is 51.9 Å². The lowest BCUT2D eigenvalue weighted by Crippen LogP contribution is -2.50. The van der Waals surface area contributed by atoms with Crippen molar-refractivity contribution in [2.75, 3.05) is 26.2 Å². The lowest BCUT2D eigenvalue weighted by molar-refractivity contribution is 0.118. The van der Waals surface area contributed by atoms with Gasteiger partial charge in [0.05, 0.1) is 5.69 Å². The molecule has 132 valence electrons. The fourth-order valence-electron chi connectivity index (χ4n) is 3.92. The first-order valence-electron chi connectivity index (χ1n) is 8.92. The Kier molecular flexibility index (Phi) is 4.40. The molecule has 0 radical (unpaired) electrons. The van der Waals surface area contributed by atoms with Crippen molar-refractivity contribution >= 4 is 6.03 Å². The second kappa shape index (κ2) is 6.84. The average Bonchev–Trinajstić information content (AvgIpc) is 3.33. The quantitative estimate of drug-likeness (QED) is 0.889. The molecule has 2 saturated heterocycles. The molecule has 0 unspecified atom stereocenters. The second-order valence-corrected chi connectivity index (χ2v) is 7.12. The molecule has 1 aromatic heterocycles. The van der Waals surface area contributed by atoms with E-state index in [9.17, 15) is 4.79 Å². The van der Waals surface area contributed by atoms with Gasteiger partial charge in [-0.25, -0.2) is 14.5 Å². The summed E-state index contributed by atoms with van der Waals surface area (Å²) in [5.41, 5.74) is 2.33. The zero-order valence-corrected chi connectivity index (χ0v) is 14.3. The molecule has 7 nitrogen and oxygen atoms in total. The van der Waals surface area contributed by atoms with E-state index in [-0.39, 0.29) is 6.03 Å². The molecular weight excluding hydrogens is 316 g/mol. The van der Waals surface area contributed by atoms with Gasteiger partial charge in [-0.3, -0.25) is 0 Å². The molecule has 2 N–H and O–H groups in total. The molecule has 0 saturated carbocycles. The van der Waals surface area contributed by atoms with Crippen molar-refractivity contribution in [1.29, 1.82) is 0 Å². The van der Waals surface area contributed by atoms with Crippen LogP contribution >= 0.6 is 0 Å². The second-order valence-electron chi connectivity index (χ2n) is 7.12. The number of urea groups is 1. The molecule has 4 rings (SSSR count). The first kappa shape index (κ1) is 16.1. The number of piperidine rings is 1. The number of carbonyl (C=O) groups is 1. The van der Waals surface area contributed by atoms with Crippen LogP contribution in [0.2, 0.25) is 0 Å². The van der Waals surface area contributed by atoms with Gasteiger partial charge in [0.25, 0.3) is 0 Å². The van der Waals surface area contributed by atoms with Crippen LogP contribution in [0.1, 0.15) is 24.8 Å². The molecule has 1 aromatic carbocycles. The smallest absolute Gasteiger partial charge is 0.317 e. The molecule has 0 bridgehead atoms. The summed E-state index contributed by atoms with van der Waals surface area (Å²) in [4.78, 5) is 18.5. The lowest BCUT2D eigenvalue weighted by Gasteiger charge is -2.39. The number of likely N-dealkylation sites (tertiary alicyclic amines) is 1. The van der Waals surface area contributed by atoms with E-state index in [1.165, 1.54) is 19.2 Å². The first-order chi connectivity index (χ1) is 12.2. The fourth-order valence-corrected chi connectivity index (χ4v) is 3.92. The molecule has 1 atom stereocenters.